The van der Waals surface area contributed by atoms with E-state index < -0.39 is 5.97 Å². The van der Waals surface area contributed by atoms with Crippen molar-refractivity contribution in [3.63, 3.8) is 0 Å². The lowest BCUT2D eigenvalue weighted by atomic mass is 10.2. The number of aromatic nitrogens is 2. The summed E-state index contributed by atoms with van der Waals surface area (Å²) in [5.74, 6) is 0.747. The Kier molecular flexibility index (Phi) is 4.57. The molecule has 0 bridgehead atoms. The molecule has 0 amide bonds. The van der Waals surface area contributed by atoms with Crippen molar-refractivity contribution in [3.05, 3.63) is 45.8 Å². The normalized spacial score (nSPS) is 10.7. The summed E-state index contributed by atoms with van der Waals surface area (Å²) in [5.41, 5.74) is 1.87. The Hall–Kier alpha value is -1.95. The van der Waals surface area contributed by atoms with Crippen molar-refractivity contribution in [1.29, 1.82) is 0 Å². The highest BCUT2D eigenvalue weighted by molar-refractivity contribution is 9.10. The quantitative estimate of drug-likeness (QED) is 0.868. The van der Waals surface area contributed by atoms with E-state index >= 15 is 0 Å². The number of nitrogens with one attached hydrogen (secondary N) is 1. The number of carboxylic acid groups (broad SMARTS) is 1. The Morgan fingerprint density at radius 1 is 1.29 bits per heavy atom. The van der Waals surface area contributed by atoms with E-state index in [1.54, 1.807) is 18.2 Å². The van der Waals surface area contributed by atoms with E-state index in [9.17, 15) is 4.79 Å². The molecule has 0 saturated carbocycles. The summed E-state index contributed by atoms with van der Waals surface area (Å²) in [6, 6.07) is 6.67. The summed E-state index contributed by atoms with van der Waals surface area (Å²) in [7, 11) is 0. The fourth-order valence-corrected chi connectivity index (χ4v) is 2.28. The van der Waals surface area contributed by atoms with Crippen LogP contribution < -0.4 is 5.32 Å². The second kappa shape index (κ2) is 6.22. The molecule has 0 unspecified atom stereocenters. The molecule has 1 aromatic carbocycles. The molecule has 6 heteroatoms. The molecule has 2 aromatic rings. The van der Waals surface area contributed by atoms with Gasteiger partial charge in [-0.1, -0.05) is 13.8 Å². The first kappa shape index (κ1) is 15.4. The van der Waals surface area contributed by atoms with Gasteiger partial charge < -0.3 is 10.4 Å². The van der Waals surface area contributed by atoms with E-state index in [4.69, 9.17) is 5.11 Å². The fourth-order valence-electron chi connectivity index (χ4n) is 1.80. The third-order valence-electron chi connectivity index (χ3n) is 2.87. The molecule has 0 aliphatic heterocycles. The minimum absolute atomic E-state index is 0.231. The van der Waals surface area contributed by atoms with Crippen molar-refractivity contribution in [1.82, 2.24) is 9.97 Å². The molecule has 1 heterocycles. The van der Waals surface area contributed by atoms with Gasteiger partial charge in [0.15, 0.2) is 0 Å². The Morgan fingerprint density at radius 3 is 2.57 bits per heavy atom. The van der Waals surface area contributed by atoms with E-state index in [0.29, 0.717) is 10.3 Å². The van der Waals surface area contributed by atoms with Crippen molar-refractivity contribution in [3.8, 4) is 0 Å². The molecule has 0 fully saturated rings. The van der Waals surface area contributed by atoms with Gasteiger partial charge >= 0.3 is 5.97 Å². The zero-order valence-electron chi connectivity index (χ0n) is 12.0. The van der Waals surface area contributed by atoms with Crippen molar-refractivity contribution in [2.75, 3.05) is 5.32 Å². The molecule has 0 aliphatic rings. The Morgan fingerprint density at radius 2 is 2.00 bits per heavy atom. The van der Waals surface area contributed by atoms with Gasteiger partial charge in [0.05, 0.1) is 11.3 Å². The lowest BCUT2D eigenvalue weighted by molar-refractivity contribution is 0.0697. The molecule has 0 radical (unpaired) electrons. The van der Waals surface area contributed by atoms with Gasteiger partial charge in [0, 0.05) is 22.2 Å². The van der Waals surface area contributed by atoms with Gasteiger partial charge in [0.25, 0.3) is 0 Å². The van der Waals surface area contributed by atoms with Crippen LogP contribution in [0.5, 0.6) is 0 Å². The summed E-state index contributed by atoms with van der Waals surface area (Å²) < 4.78 is 0.671. The molecule has 2 N–H and O–H groups in total. The van der Waals surface area contributed by atoms with Crippen LogP contribution in [0.3, 0.4) is 0 Å². The molecule has 21 heavy (non-hydrogen) atoms. The van der Waals surface area contributed by atoms with Crippen LogP contribution in [-0.2, 0) is 0 Å². The van der Waals surface area contributed by atoms with Gasteiger partial charge in [-0.3, -0.25) is 0 Å². The monoisotopic (exact) mass is 349 g/mol. The third-order valence-corrected chi connectivity index (χ3v) is 3.52. The summed E-state index contributed by atoms with van der Waals surface area (Å²) in [6.07, 6.45) is 0. The highest BCUT2D eigenvalue weighted by Crippen LogP contribution is 2.27. The van der Waals surface area contributed by atoms with Gasteiger partial charge in [-0.15, -0.1) is 0 Å². The SMILES string of the molecule is Cc1cc(Nc2ccc(C(=O)O)cc2Br)nc(C(C)C)n1. The Labute approximate surface area is 131 Å². The largest absolute Gasteiger partial charge is 0.478 e. The van der Waals surface area contributed by atoms with E-state index in [1.165, 1.54) is 0 Å². The van der Waals surface area contributed by atoms with E-state index in [2.05, 4.69) is 31.2 Å². The number of hydrogen-bond acceptors (Lipinski definition) is 4. The maximum Gasteiger partial charge on any atom is 0.335 e. The summed E-state index contributed by atoms with van der Waals surface area (Å²) >= 11 is 3.37. The topological polar surface area (TPSA) is 75.1 Å². The number of carboxylic acids is 1. The first-order valence-corrected chi connectivity index (χ1v) is 7.31. The van der Waals surface area contributed by atoms with Crippen molar-refractivity contribution in [2.24, 2.45) is 0 Å². The number of carbonyl (C=O) groups is 1. The number of aryl methyl sites for hydroxylation is 1. The molecule has 2 rings (SSSR count). The highest BCUT2D eigenvalue weighted by atomic mass is 79.9. The molecule has 0 saturated heterocycles. The number of rotatable bonds is 4. The first-order valence-electron chi connectivity index (χ1n) is 6.52. The van der Waals surface area contributed by atoms with Crippen LogP contribution in [0.15, 0.2) is 28.7 Å². The number of anilines is 2. The average Bonchev–Trinajstić information content (AvgIpc) is 2.40. The summed E-state index contributed by atoms with van der Waals surface area (Å²) in [6.45, 7) is 5.99. The zero-order chi connectivity index (χ0) is 15.6. The smallest absolute Gasteiger partial charge is 0.335 e. The molecular formula is C15H16BrN3O2. The summed E-state index contributed by atoms with van der Waals surface area (Å²) in [5, 5.41) is 12.1. The van der Waals surface area contributed by atoms with Crippen LogP contribution in [-0.4, -0.2) is 21.0 Å². The second-order valence-corrected chi connectivity index (χ2v) is 5.89. The average molecular weight is 350 g/mol. The molecule has 110 valence electrons. The van der Waals surface area contributed by atoms with E-state index in [1.807, 2.05) is 26.8 Å². The predicted molar refractivity (Wildman–Crippen MR) is 85.2 cm³/mol. The molecule has 1 aromatic heterocycles. The maximum absolute atomic E-state index is 10.9. The first-order chi connectivity index (χ1) is 9.86. The van der Waals surface area contributed by atoms with E-state index in [0.717, 1.165) is 17.2 Å². The van der Waals surface area contributed by atoms with Crippen LogP contribution in [0.4, 0.5) is 11.5 Å². The van der Waals surface area contributed by atoms with Crippen molar-refractivity contribution >= 4 is 33.4 Å². The van der Waals surface area contributed by atoms with Crippen LogP contribution in [0.1, 0.15) is 41.6 Å². The minimum atomic E-state index is -0.956. The van der Waals surface area contributed by atoms with Crippen LogP contribution in [0.25, 0.3) is 0 Å². The van der Waals surface area contributed by atoms with Gasteiger partial charge in [0.1, 0.15) is 11.6 Å². The Bertz CT molecular complexity index is 687. The van der Waals surface area contributed by atoms with Crippen LogP contribution in [0, 0.1) is 6.92 Å². The number of hydrogen-bond donors (Lipinski definition) is 2. The predicted octanol–water partition coefficient (Wildman–Crippen LogP) is 4.11. The molecule has 0 atom stereocenters. The number of nitrogens with zero attached hydrogens (tertiary/aromatic N) is 2. The van der Waals surface area contributed by atoms with Crippen LogP contribution >= 0.6 is 15.9 Å². The molecule has 5 nitrogen and oxygen atoms in total. The lowest BCUT2D eigenvalue weighted by Crippen LogP contribution is -2.04. The minimum Gasteiger partial charge on any atom is -0.478 e. The van der Waals surface area contributed by atoms with Gasteiger partial charge in [0.2, 0.25) is 0 Å². The van der Waals surface area contributed by atoms with Gasteiger partial charge in [-0.05, 0) is 41.1 Å². The molecule has 0 aliphatic carbocycles. The highest BCUT2D eigenvalue weighted by Gasteiger charge is 2.10. The molecule has 0 spiro atoms. The van der Waals surface area contributed by atoms with Gasteiger partial charge in [-0.2, -0.15) is 0 Å². The van der Waals surface area contributed by atoms with Gasteiger partial charge in [-0.25, -0.2) is 14.8 Å². The number of aromatic carboxylic acids is 1. The lowest BCUT2D eigenvalue weighted by Gasteiger charge is -2.12. The van der Waals surface area contributed by atoms with Crippen molar-refractivity contribution < 1.29 is 9.90 Å². The Balaban J connectivity index is 2.32. The van der Waals surface area contributed by atoms with E-state index in [-0.39, 0.29) is 11.5 Å². The fraction of sp³-hybridized carbons (Fsp3) is 0.267. The summed E-state index contributed by atoms with van der Waals surface area (Å²) in [4.78, 5) is 19.8. The standard InChI is InChI=1S/C15H16BrN3O2/c1-8(2)14-17-9(3)6-13(19-14)18-12-5-4-10(15(20)21)7-11(12)16/h4-8H,1-3H3,(H,20,21)(H,17,18,19). The molecular weight excluding hydrogens is 334 g/mol. The second-order valence-electron chi connectivity index (χ2n) is 5.03. The maximum atomic E-state index is 10.9. The van der Waals surface area contributed by atoms with Crippen LogP contribution in [0.2, 0.25) is 0 Å². The number of halogens is 1. The van der Waals surface area contributed by atoms with Crippen molar-refractivity contribution in [2.45, 2.75) is 26.7 Å². The number of benzene rings is 1. The third kappa shape index (κ3) is 3.78. The zero-order valence-corrected chi connectivity index (χ0v) is 13.6.